The molecule has 146 valence electrons. The number of nitrogens with zero attached hydrogens (tertiary/aromatic N) is 2. The zero-order valence-corrected chi connectivity index (χ0v) is 17.5. The minimum atomic E-state index is -0.463. The van der Waals surface area contributed by atoms with E-state index >= 15 is 0 Å². The van der Waals surface area contributed by atoms with Crippen molar-refractivity contribution in [3.63, 3.8) is 0 Å². The molecule has 5 nitrogen and oxygen atoms in total. The number of carbonyl (C=O) groups excluding carboxylic acids is 1. The van der Waals surface area contributed by atoms with Crippen molar-refractivity contribution >= 4 is 27.5 Å². The van der Waals surface area contributed by atoms with Crippen LogP contribution in [0.2, 0.25) is 0 Å². The Bertz CT molecular complexity index is 1000. The van der Waals surface area contributed by atoms with Crippen LogP contribution in [0.4, 0.5) is 10.1 Å². The van der Waals surface area contributed by atoms with E-state index in [9.17, 15) is 9.18 Å². The fourth-order valence-electron chi connectivity index (χ4n) is 3.05. The third kappa shape index (κ3) is 4.25. The first-order chi connectivity index (χ1) is 13.4. The molecule has 3 rings (SSSR count). The molecule has 2 aromatic carbocycles. The Morgan fingerprint density at radius 1 is 1.25 bits per heavy atom. The number of amides is 1. The second-order valence-electron chi connectivity index (χ2n) is 6.32. The standard InChI is InChI=1S/C21H21BrFN3O2/c1-4-28-21-18(22)10-15(23)11-19(21)24-20(27)12-17-13(2)25-26(14(17)3)16-8-6-5-7-9-16/h5-11H,4,12H2,1-3H3,(H,24,27). The molecule has 1 heterocycles. The van der Waals surface area contributed by atoms with Gasteiger partial charge in [0.25, 0.3) is 0 Å². The molecule has 1 amide bonds. The topological polar surface area (TPSA) is 56.1 Å². The van der Waals surface area contributed by atoms with Crippen LogP contribution in [0.3, 0.4) is 0 Å². The largest absolute Gasteiger partial charge is 0.491 e. The maximum atomic E-state index is 13.8. The van der Waals surface area contributed by atoms with Gasteiger partial charge < -0.3 is 10.1 Å². The van der Waals surface area contributed by atoms with Crippen LogP contribution in [0, 0.1) is 19.7 Å². The molecule has 0 aliphatic rings. The number of halogens is 2. The molecule has 0 fully saturated rings. The third-order valence-electron chi connectivity index (χ3n) is 4.35. The summed E-state index contributed by atoms with van der Waals surface area (Å²) in [5, 5.41) is 7.32. The number of hydrogen-bond donors (Lipinski definition) is 1. The normalized spacial score (nSPS) is 10.8. The van der Waals surface area contributed by atoms with E-state index in [-0.39, 0.29) is 12.3 Å². The van der Waals surface area contributed by atoms with Gasteiger partial charge in [-0.25, -0.2) is 9.07 Å². The first-order valence-electron chi connectivity index (χ1n) is 8.93. The summed E-state index contributed by atoms with van der Waals surface area (Å²) in [6, 6.07) is 12.3. The molecule has 1 aromatic heterocycles. The van der Waals surface area contributed by atoms with E-state index in [4.69, 9.17) is 4.74 Å². The highest BCUT2D eigenvalue weighted by Crippen LogP contribution is 2.34. The van der Waals surface area contributed by atoms with E-state index in [2.05, 4.69) is 26.3 Å². The summed E-state index contributed by atoms with van der Waals surface area (Å²) in [5.74, 6) is -0.321. The van der Waals surface area contributed by atoms with E-state index < -0.39 is 5.82 Å². The van der Waals surface area contributed by atoms with Crippen molar-refractivity contribution in [3.05, 3.63) is 69.7 Å². The summed E-state index contributed by atoms with van der Waals surface area (Å²) >= 11 is 3.28. The molecule has 3 aromatic rings. The summed E-state index contributed by atoms with van der Waals surface area (Å²) in [5.41, 5.74) is 3.74. The predicted molar refractivity (Wildman–Crippen MR) is 111 cm³/mol. The minimum absolute atomic E-state index is 0.129. The number of benzene rings is 2. The average molecular weight is 446 g/mol. The number of nitrogens with one attached hydrogen (secondary N) is 1. The van der Waals surface area contributed by atoms with Crippen molar-refractivity contribution in [2.45, 2.75) is 27.2 Å². The molecular formula is C21H21BrFN3O2. The van der Waals surface area contributed by atoms with Gasteiger partial charge >= 0.3 is 0 Å². The maximum absolute atomic E-state index is 13.8. The predicted octanol–water partition coefficient (Wildman–Crippen LogP) is 4.97. The molecule has 0 bridgehead atoms. The lowest BCUT2D eigenvalue weighted by molar-refractivity contribution is -0.115. The highest BCUT2D eigenvalue weighted by atomic mass is 79.9. The summed E-state index contributed by atoms with van der Waals surface area (Å²) in [7, 11) is 0. The van der Waals surface area contributed by atoms with Crippen molar-refractivity contribution in [2.75, 3.05) is 11.9 Å². The van der Waals surface area contributed by atoms with Crippen LogP contribution in [0.1, 0.15) is 23.9 Å². The summed E-state index contributed by atoms with van der Waals surface area (Å²) < 4.78 is 21.6. The maximum Gasteiger partial charge on any atom is 0.229 e. The number of aromatic nitrogens is 2. The van der Waals surface area contributed by atoms with Crippen molar-refractivity contribution in [2.24, 2.45) is 0 Å². The van der Waals surface area contributed by atoms with Gasteiger partial charge in [0.15, 0.2) is 5.75 Å². The van der Waals surface area contributed by atoms with Gasteiger partial charge in [-0.15, -0.1) is 0 Å². The molecule has 0 atom stereocenters. The molecule has 0 aliphatic carbocycles. The molecule has 7 heteroatoms. The first-order valence-corrected chi connectivity index (χ1v) is 9.72. The molecular weight excluding hydrogens is 425 g/mol. The Morgan fingerprint density at radius 3 is 2.64 bits per heavy atom. The lowest BCUT2D eigenvalue weighted by atomic mass is 10.1. The van der Waals surface area contributed by atoms with Crippen LogP contribution in [-0.4, -0.2) is 22.3 Å². The number of hydrogen-bond acceptors (Lipinski definition) is 3. The van der Waals surface area contributed by atoms with Crippen molar-refractivity contribution in [3.8, 4) is 11.4 Å². The highest BCUT2D eigenvalue weighted by Gasteiger charge is 2.18. The van der Waals surface area contributed by atoms with E-state index in [0.29, 0.717) is 22.5 Å². The van der Waals surface area contributed by atoms with Gasteiger partial charge in [-0.05, 0) is 54.9 Å². The number of aryl methyl sites for hydroxylation is 1. The first kappa shape index (κ1) is 20.1. The van der Waals surface area contributed by atoms with Crippen LogP contribution in [0.25, 0.3) is 5.69 Å². The number of ether oxygens (including phenoxy) is 1. The molecule has 0 aliphatic heterocycles. The van der Waals surface area contributed by atoms with E-state index in [1.54, 1.807) is 0 Å². The third-order valence-corrected chi connectivity index (χ3v) is 4.94. The monoisotopic (exact) mass is 445 g/mol. The quantitative estimate of drug-likeness (QED) is 0.582. The Kier molecular flexibility index (Phi) is 6.14. The van der Waals surface area contributed by atoms with E-state index in [1.807, 2.05) is 55.8 Å². The van der Waals surface area contributed by atoms with Gasteiger partial charge in [0.1, 0.15) is 5.82 Å². The Labute approximate surface area is 171 Å². The summed E-state index contributed by atoms with van der Waals surface area (Å²) in [6.45, 7) is 6.03. The molecule has 0 unspecified atom stereocenters. The van der Waals surface area contributed by atoms with Gasteiger partial charge in [-0.2, -0.15) is 5.10 Å². The Morgan fingerprint density at radius 2 is 1.96 bits per heavy atom. The molecule has 28 heavy (non-hydrogen) atoms. The highest BCUT2D eigenvalue weighted by molar-refractivity contribution is 9.10. The van der Waals surface area contributed by atoms with Gasteiger partial charge in [0, 0.05) is 17.3 Å². The smallest absolute Gasteiger partial charge is 0.229 e. The van der Waals surface area contributed by atoms with Gasteiger partial charge in [0.2, 0.25) is 5.91 Å². The van der Waals surface area contributed by atoms with E-state index in [0.717, 1.165) is 22.6 Å². The van der Waals surface area contributed by atoms with Gasteiger partial charge in [-0.1, -0.05) is 18.2 Å². The Balaban J connectivity index is 1.84. The number of anilines is 1. The van der Waals surface area contributed by atoms with Crippen molar-refractivity contribution < 1.29 is 13.9 Å². The number of rotatable bonds is 6. The number of para-hydroxylation sites is 1. The van der Waals surface area contributed by atoms with Crippen molar-refractivity contribution in [1.82, 2.24) is 9.78 Å². The molecule has 0 spiro atoms. The van der Waals surface area contributed by atoms with Crippen LogP contribution < -0.4 is 10.1 Å². The fraction of sp³-hybridized carbons (Fsp3) is 0.238. The Hall–Kier alpha value is -2.67. The second kappa shape index (κ2) is 8.56. The lowest BCUT2D eigenvalue weighted by Crippen LogP contribution is -2.16. The van der Waals surface area contributed by atoms with Crippen LogP contribution in [-0.2, 0) is 11.2 Å². The number of carbonyl (C=O) groups is 1. The summed E-state index contributed by atoms with van der Waals surface area (Å²) in [6.07, 6.45) is 0.129. The van der Waals surface area contributed by atoms with Gasteiger partial charge in [-0.3, -0.25) is 4.79 Å². The minimum Gasteiger partial charge on any atom is -0.491 e. The average Bonchev–Trinajstić information content (AvgIpc) is 2.93. The molecule has 1 N–H and O–H groups in total. The van der Waals surface area contributed by atoms with Crippen LogP contribution in [0.15, 0.2) is 46.9 Å². The lowest BCUT2D eigenvalue weighted by Gasteiger charge is -2.13. The second-order valence-corrected chi connectivity index (χ2v) is 7.17. The molecule has 0 radical (unpaired) electrons. The molecule has 0 saturated carbocycles. The van der Waals surface area contributed by atoms with Crippen LogP contribution in [0.5, 0.6) is 5.75 Å². The SMILES string of the molecule is CCOc1c(Br)cc(F)cc1NC(=O)Cc1c(C)nn(-c2ccccc2)c1C. The van der Waals surface area contributed by atoms with Gasteiger partial charge in [0.05, 0.1) is 34.6 Å². The fourth-order valence-corrected chi connectivity index (χ4v) is 3.60. The zero-order chi connectivity index (χ0) is 20.3. The van der Waals surface area contributed by atoms with Crippen molar-refractivity contribution in [1.29, 1.82) is 0 Å². The van der Waals surface area contributed by atoms with E-state index in [1.165, 1.54) is 12.1 Å². The summed E-state index contributed by atoms with van der Waals surface area (Å²) in [4.78, 5) is 12.7. The zero-order valence-electron chi connectivity index (χ0n) is 15.9. The van der Waals surface area contributed by atoms with Crippen LogP contribution >= 0.6 is 15.9 Å². The molecule has 0 saturated heterocycles.